The Morgan fingerprint density at radius 3 is 2.62 bits per heavy atom. The summed E-state index contributed by atoms with van der Waals surface area (Å²) in [6.07, 6.45) is 0. The van der Waals surface area contributed by atoms with E-state index in [2.05, 4.69) is 4.74 Å². The fourth-order valence-electron chi connectivity index (χ4n) is 0.712. The molecule has 0 aliphatic carbocycles. The summed E-state index contributed by atoms with van der Waals surface area (Å²) in [6.45, 7) is -0.578. The monoisotopic (exact) mass is 188 g/mol. The Kier molecular flexibility index (Phi) is 2.79. The average Bonchev–Trinajstić information content (AvgIpc) is 2.07. The van der Waals surface area contributed by atoms with Gasteiger partial charge in [-0.05, 0) is 12.1 Å². The predicted molar refractivity (Wildman–Crippen MR) is 39.5 cm³/mol. The van der Waals surface area contributed by atoms with E-state index in [9.17, 15) is 13.6 Å². The van der Waals surface area contributed by atoms with Gasteiger partial charge in [0, 0.05) is 6.07 Å². The van der Waals surface area contributed by atoms with Gasteiger partial charge in [-0.15, -0.1) is 0 Å². The number of aliphatic carboxylic acids is 1. The van der Waals surface area contributed by atoms with E-state index in [0.717, 1.165) is 18.2 Å². The zero-order valence-electron chi connectivity index (χ0n) is 6.46. The molecule has 0 radical (unpaired) electrons. The Labute approximate surface area is 72.6 Å². The number of carboxylic acid groups (broad SMARTS) is 1. The topological polar surface area (TPSA) is 46.5 Å². The number of rotatable bonds is 3. The van der Waals surface area contributed by atoms with Crippen LogP contribution in [0.3, 0.4) is 0 Å². The van der Waals surface area contributed by atoms with Gasteiger partial charge in [-0.2, -0.15) is 0 Å². The first-order chi connectivity index (χ1) is 6.09. The average molecular weight is 188 g/mol. The maximum Gasteiger partial charge on any atom is 0.341 e. The van der Waals surface area contributed by atoms with Crippen LogP contribution in [0.4, 0.5) is 8.78 Å². The van der Waals surface area contributed by atoms with E-state index in [-0.39, 0.29) is 5.75 Å². The highest BCUT2D eigenvalue weighted by molar-refractivity contribution is 5.68. The molecule has 0 saturated carbocycles. The second-order valence-electron chi connectivity index (χ2n) is 2.26. The molecule has 3 nitrogen and oxygen atoms in total. The maximum absolute atomic E-state index is 12.5. The smallest absolute Gasteiger partial charge is 0.341 e. The lowest BCUT2D eigenvalue weighted by molar-refractivity contribution is -0.139. The number of benzene rings is 1. The summed E-state index contributed by atoms with van der Waals surface area (Å²) < 4.78 is 29.4. The molecule has 1 aromatic carbocycles. The van der Waals surface area contributed by atoms with Crippen molar-refractivity contribution in [1.82, 2.24) is 0 Å². The predicted octanol–water partition coefficient (Wildman–Crippen LogP) is 1.43. The summed E-state index contributed by atoms with van der Waals surface area (Å²) in [6, 6.07) is 2.81. The lowest BCUT2D eigenvalue weighted by atomic mass is 10.3. The first kappa shape index (κ1) is 9.44. The third kappa shape index (κ3) is 2.70. The summed E-state index contributed by atoms with van der Waals surface area (Å²) >= 11 is 0. The van der Waals surface area contributed by atoms with Crippen molar-refractivity contribution >= 4 is 5.97 Å². The van der Waals surface area contributed by atoms with Gasteiger partial charge in [-0.25, -0.2) is 13.6 Å². The summed E-state index contributed by atoms with van der Waals surface area (Å²) in [5, 5.41) is 8.21. The van der Waals surface area contributed by atoms with Crippen LogP contribution in [0, 0.1) is 11.6 Å². The molecule has 0 unspecified atom stereocenters. The number of hydrogen-bond acceptors (Lipinski definition) is 2. The third-order valence-corrected chi connectivity index (χ3v) is 1.25. The fraction of sp³-hybridized carbons (Fsp3) is 0.125. The molecule has 0 saturated heterocycles. The SMILES string of the molecule is O=C(O)COc1ccc(F)c(F)c1. The van der Waals surface area contributed by atoms with Gasteiger partial charge in [0.1, 0.15) is 5.75 Å². The highest BCUT2D eigenvalue weighted by Gasteiger charge is 2.04. The zero-order chi connectivity index (χ0) is 9.84. The molecule has 1 aromatic rings. The Bertz CT molecular complexity index is 325. The normalized spacial score (nSPS) is 9.69. The standard InChI is InChI=1S/C8H6F2O3/c9-6-2-1-5(3-7(6)10)13-4-8(11)12/h1-3H,4H2,(H,11,12). The van der Waals surface area contributed by atoms with Crippen molar-refractivity contribution < 1.29 is 23.4 Å². The second kappa shape index (κ2) is 3.84. The second-order valence-corrected chi connectivity index (χ2v) is 2.26. The number of carbonyl (C=O) groups is 1. The molecule has 1 N–H and O–H groups in total. The van der Waals surface area contributed by atoms with Gasteiger partial charge in [-0.1, -0.05) is 0 Å². The number of carboxylic acids is 1. The Morgan fingerprint density at radius 1 is 1.38 bits per heavy atom. The minimum Gasteiger partial charge on any atom is -0.482 e. The molecule has 0 amide bonds. The molecule has 0 heterocycles. The highest BCUT2D eigenvalue weighted by atomic mass is 19.2. The van der Waals surface area contributed by atoms with E-state index < -0.39 is 24.2 Å². The summed E-state index contributed by atoms with van der Waals surface area (Å²) in [5.74, 6) is -3.25. The molecular formula is C8H6F2O3. The van der Waals surface area contributed by atoms with E-state index in [1.807, 2.05) is 0 Å². The van der Waals surface area contributed by atoms with Gasteiger partial charge < -0.3 is 9.84 Å². The Balaban J connectivity index is 2.68. The first-order valence-electron chi connectivity index (χ1n) is 3.39. The lowest BCUT2D eigenvalue weighted by Crippen LogP contribution is -2.09. The quantitative estimate of drug-likeness (QED) is 0.780. The highest BCUT2D eigenvalue weighted by Crippen LogP contribution is 2.14. The molecule has 0 aliphatic heterocycles. The van der Waals surface area contributed by atoms with Gasteiger partial charge in [-0.3, -0.25) is 0 Å². The van der Waals surface area contributed by atoms with Crippen LogP contribution in [0.25, 0.3) is 0 Å². The maximum atomic E-state index is 12.5. The molecule has 0 spiro atoms. The van der Waals surface area contributed by atoms with Gasteiger partial charge in [0.2, 0.25) is 0 Å². The third-order valence-electron chi connectivity index (χ3n) is 1.25. The molecule has 5 heteroatoms. The van der Waals surface area contributed by atoms with E-state index in [4.69, 9.17) is 5.11 Å². The van der Waals surface area contributed by atoms with Crippen molar-refractivity contribution in [2.75, 3.05) is 6.61 Å². The Hall–Kier alpha value is -1.65. The molecule has 1 rings (SSSR count). The van der Waals surface area contributed by atoms with Crippen LogP contribution in [-0.2, 0) is 4.79 Å². The lowest BCUT2D eigenvalue weighted by Gasteiger charge is -2.02. The number of halogens is 2. The van der Waals surface area contributed by atoms with E-state index in [1.165, 1.54) is 0 Å². The van der Waals surface area contributed by atoms with Gasteiger partial charge in [0.05, 0.1) is 0 Å². The van der Waals surface area contributed by atoms with Crippen LogP contribution in [-0.4, -0.2) is 17.7 Å². The van der Waals surface area contributed by atoms with Crippen LogP contribution < -0.4 is 4.74 Å². The summed E-state index contributed by atoms with van der Waals surface area (Å²) in [7, 11) is 0. The van der Waals surface area contributed by atoms with Crippen LogP contribution >= 0.6 is 0 Å². The van der Waals surface area contributed by atoms with Crippen molar-refractivity contribution in [3.63, 3.8) is 0 Å². The summed E-state index contributed by atoms with van der Waals surface area (Å²) in [4.78, 5) is 10.0. The van der Waals surface area contributed by atoms with E-state index in [0.29, 0.717) is 0 Å². The van der Waals surface area contributed by atoms with Crippen molar-refractivity contribution in [1.29, 1.82) is 0 Å². The molecule has 0 bridgehead atoms. The van der Waals surface area contributed by atoms with Crippen LogP contribution in [0.15, 0.2) is 18.2 Å². The molecular weight excluding hydrogens is 182 g/mol. The first-order valence-corrected chi connectivity index (χ1v) is 3.39. The van der Waals surface area contributed by atoms with Crippen molar-refractivity contribution in [2.45, 2.75) is 0 Å². The summed E-state index contributed by atoms with van der Waals surface area (Å²) in [5.41, 5.74) is 0. The van der Waals surface area contributed by atoms with Crippen LogP contribution in [0.2, 0.25) is 0 Å². The van der Waals surface area contributed by atoms with Crippen molar-refractivity contribution in [3.8, 4) is 5.75 Å². The number of hydrogen-bond donors (Lipinski definition) is 1. The molecule has 0 atom stereocenters. The minimum absolute atomic E-state index is 0.0127. The molecule has 0 aliphatic rings. The molecule has 0 fully saturated rings. The molecule has 0 aromatic heterocycles. The van der Waals surface area contributed by atoms with Crippen LogP contribution in [0.1, 0.15) is 0 Å². The van der Waals surface area contributed by atoms with Crippen molar-refractivity contribution in [3.05, 3.63) is 29.8 Å². The zero-order valence-corrected chi connectivity index (χ0v) is 6.46. The minimum atomic E-state index is -1.18. The number of ether oxygens (including phenoxy) is 1. The van der Waals surface area contributed by atoms with E-state index in [1.54, 1.807) is 0 Å². The van der Waals surface area contributed by atoms with Gasteiger partial charge in [0.25, 0.3) is 0 Å². The van der Waals surface area contributed by atoms with E-state index >= 15 is 0 Å². The molecule has 70 valence electrons. The largest absolute Gasteiger partial charge is 0.482 e. The van der Waals surface area contributed by atoms with Gasteiger partial charge in [0.15, 0.2) is 18.2 Å². The van der Waals surface area contributed by atoms with Crippen LogP contribution in [0.5, 0.6) is 5.75 Å². The van der Waals surface area contributed by atoms with Crippen molar-refractivity contribution in [2.24, 2.45) is 0 Å². The fourth-order valence-corrected chi connectivity index (χ4v) is 0.712. The van der Waals surface area contributed by atoms with Gasteiger partial charge >= 0.3 is 5.97 Å². The molecule has 13 heavy (non-hydrogen) atoms. The Morgan fingerprint density at radius 2 is 2.08 bits per heavy atom.